The van der Waals surface area contributed by atoms with Crippen molar-refractivity contribution in [1.82, 2.24) is 19.4 Å². The zero-order valence-corrected chi connectivity index (χ0v) is 17.8. The predicted molar refractivity (Wildman–Crippen MR) is 125 cm³/mol. The Balaban J connectivity index is 1.39. The lowest BCUT2D eigenvalue weighted by molar-refractivity contribution is 0.901. The van der Waals surface area contributed by atoms with E-state index in [1.54, 1.807) is 0 Å². The molecule has 3 aromatic heterocycles. The summed E-state index contributed by atoms with van der Waals surface area (Å²) in [5.74, 6) is 0. The van der Waals surface area contributed by atoms with E-state index in [1.165, 1.54) is 22.3 Å². The van der Waals surface area contributed by atoms with E-state index in [4.69, 9.17) is 0 Å². The molecule has 5 aromatic rings. The second-order valence-electron chi connectivity index (χ2n) is 7.91. The maximum Gasteiger partial charge on any atom is 0.159 e. The van der Waals surface area contributed by atoms with E-state index < -0.39 is 0 Å². The molecule has 3 heterocycles. The number of aromatic nitrogens is 4. The quantitative estimate of drug-likeness (QED) is 0.368. The molecule has 2 aromatic carbocycles. The van der Waals surface area contributed by atoms with Crippen molar-refractivity contribution in [2.45, 2.75) is 26.7 Å². The Hall–Kier alpha value is -3.79. The van der Waals surface area contributed by atoms with Crippen molar-refractivity contribution < 1.29 is 0 Å². The molecule has 31 heavy (non-hydrogen) atoms. The highest BCUT2D eigenvalue weighted by atomic mass is 15.0. The molecule has 4 nitrogen and oxygen atoms in total. The van der Waals surface area contributed by atoms with Gasteiger partial charge in [-0.25, -0.2) is 4.98 Å². The number of pyridine rings is 1. The lowest BCUT2D eigenvalue weighted by Gasteiger charge is -2.10. The Morgan fingerprint density at radius 1 is 0.774 bits per heavy atom. The molecule has 0 aliphatic heterocycles. The second kappa shape index (κ2) is 8.15. The number of hydrogen-bond donors (Lipinski definition) is 0. The number of nitrogens with zero attached hydrogens (tertiary/aromatic N) is 4. The average Bonchev–Trinajstić information content (AvgIpc) is 3.23. The molecule has 0 radical (unpaired) electrons. The van der Waals surface area contributed by atoms with Gasteiger partial charge >= 0.3 is 0 Å². The Kier molecular flexibility index (Phi) is 5.04. The van der Waals surface area contributed by atoms with Crippen molar-refractivity contribution in [3.8, 4) is 22.4 Å². The van der Waals surface area contributed by atoms with Gasteiger partial charge in [0.1, 0.15) is 0 Å². The molecule has 0 aliphatic rings. The van der Waals surface area contributed by atoms with Gasteiger partial charge in [0.05, 0.1) is 17.6 Å². The molecule has 152 valence electrons. The third-order valence-corrected chi connectivity index (χ3v) is 5.72. The third-order valence-electron chi connectivity index (χ3n) is 5.72. The number of imidazole rings is 1. The van der Waals surface area contributed by atoms with Gasteiger partial charge in [0.15, 0.2) is 5.65 Å². The summed E-state index contributed by atoms with van der Waals surface area (Å²) >= 11 is 0. The van der Waals surface area contributed by atoms with E-state index >= 15 is 0 Å². The minimum atomic E-state index is 0.850. The molecule has 0 atom stereocenters. The summed E-state index contributed by atoms with van der Waals surface area (Å²) in [5, 5.41) is 0. The Labute approximate surface area is 182 Å². The molecule has 0 unspecified atom stereocenters. The summed E-state index contributed by atoms with van der Waals surface area (Å²) < 4.78 is 2.14. The van der Waals surface area contributed by atoms with Crippen molar-refractivity contribution in [1.29, 1.82) is 0 Å². The molecule has 0 aliphatic carbocycles. The number of benzene rings is 2. The van der Waals surface area contributed by atoms with E-state index in [9.17, 15) is 0 Å². The number of rotatable bonds is 5. The molecule has 0 bridgehead atoms. The third kappa shape index (κ3) is 3.84. The van der Waals surface area contributed by atoms with Crippen LogP contribution in [0.2, 0.25) is 0 Å². The molecule has 0 amide bonds. The Morgan fingerprint density at radius 3 is 2.45 bits per heavy atom. The normalized spacial score (nSPS) is 11.2. The largest absolute Gasteiger partial charge is 0.297 e. The van der Waals surface area contributed by atoms with Gasteiger partial charge in [0.25, 0.3) is 0 Å². The van der Waals surface area contributed by atoms with Crippen molar-refractivity contribution in [2.24, 2.45) is 0 Å². The van der Waals surface area contributed by atoms with Crippen LogP contribution in [0.4, 0.5) is 0 Å². The van der Waals surface area contributed by atoms with Crippen molar-refractivity contribution >= 4 is 5.65 Å². The predicted octanol–water partition coefficient (Wildman–Crippen LogP) is 5.86. The molecule has 0 saturated carbocycles. The molecule has 5 rings (SSSR count). The van der Waals surface area contributed by atoms with E-state index in [-0.39, 0.29) is 0 Å². The molecule has 0 spiro atoms. The maximum absolute atomic E-state index is 4.68. The van der Waals surface area contributed by atoms with Crippen LogP contribution in [0, 0.1) is 13.8 Å². The smallest absolute Gasteiger partial charge is 0.159 e. The average molecular weight is 405 g/mol. The number of fused-ring (bicyclic) bond motifs is 1. The van der Waals surface area contributed by atoms with Crippen LogP contribution < -0.4 is 0 Å². The molecule has 0 N–H and O–H groups in total. The molecule has 4 heteroatoms. The SMILES string of the molecule is Cc1cc(-c2ccc(CCc3nccn4c(-c5ccccc5)cnc34)cc2C)ccn1. The fraction of sp³-hybridized carbons (Fsp3) is 0.148. The van der Waals surface area contributed by atoms with Crippen LogP contribution in [-0.4, -0.2) is 19.4 Å². The first-order valence-corrected chi connectivity index (χ1v) is 10.6. The van der Waals surface area contributed by atoms with Crippen LogP contribution in [-0.2, 0) is 12.8 Å². The van der Waals surface area contributed by atoms with Gasteiger partial charge in [-0.15, -0.1) is 0 Å². The first-order chi connectivity index (χ1) is 15.2. The van der Waals surface area contributed by atoms with Crippen molar-refractivity contribution in [3.05, 3.63) is 108 Å². The zero-order valence-electron chi connectivity index (χ0n) is 17.8. The van der Waals surface area contributed by atoms with Crippen LogP contribution in [0.1, 0.15) is 22.5 Å². The maximum atomic E-state index is 4.68. The van der Waals surface area contributed by atoms with Crippen molar-refractivity contribution in [2.75, 3.05) is 0 Å². The van der Waals surface area contributed by atoms with Crippen molar-refractivity contribution in [3.63, 3.8) is 0 Å². The minimum Gasteiger partial charge on any atom is -0.297 e. The van der Waals surface area contributed by atoms with Gasteiger partial charge in [-0.05, 0) is 61.1 Å². The van der Waals surface area contributed by atoms with Crippen LogP contribution in [0.5, 0.6) is 0 Å². The lowest BCUT2D eigenvalue weighted by atomic mass is 9.97. The zero-order chi connectivity index (χ0) is 21.2. The molecule has 0 saturated heterocycles. The van der Waals surface area contributed by atoms with Gasteiger partial charge in [-0.1, -0.05) is 48.5 Å². The van der Waals surface area contributed by atoms with Gasteiger partial charge in [0.2, 0.25) is 0 Å². The Morgan fingerprint density at radius 2 is 1.65 bits per heavy atom. The minimum absolute atomic E-state index is 0.850. The van der Waals surface area contributed by atoms with Crippen LogP contribution in [0.3, 0.4) is 0 Å². The summed E-state index contributed by atoms with van der Waals surface area (Å²) in [6, 6.07) is 21.3. The fourth-order valence-electron chi connectivity index (χ4n) is 4.15. The number of aryl methyl sites for hydroxylation is 4. The highest BCUT2D eigenvalue weighted by molar-refractivity contribution is 5.68. The molecule has 0 fully saturated rings. The fourth-order valence-corrected chi connectivity index (χ4v) is 4.15. The summed E-state index contributed by atoms with van der Waals surface area (Å²) in [6.07, 6.45) is 9.45. The monoisotopic (exact) mass is 404 g/mol. The highest BCUT2D eigenvalue weighted by Gasteiger charge is 2.11. The first kappa shape index (κ1) is 19.2. The molecular weight excluding hydrogens is 380 g/mol. The summed E-state index contributed by atoms with van der Waals surface area (Å²) in [4.78, 5) is 13.6. The first-order valence-electron chi connectivity index (χ1n) is 10.6. The van der Waals surface area contributed by atoms with Gasteiger partial charge in [-0.2, -0.15) is 0 Å². The summed E-state index contributed by atoms with van der Waals surface area (Å²) in [5.41, 5.74) is 10.3. The van der Waals surface area contributed by atoms with Crippen LogP contribution in [0.15, 0.2) is 85.5 Å². The van der Waals surface area contributed by atoms with Gasteiger partial charge < -0.3 is 0 Å². The number of hydrogen-bond acceptors (Lipinski definition) is 3. The summed E-state index contributed by atoms with van der Waals surface area (Å²) in [6.45, 7) is 4.20. The van der Waals surface area contributed by atoms with E-state index in [0.717, 1.165) is 41.1 Å². The Bertz CT molecular complexity index is 1350. The van der Waals surface area contributed by atoms with Gasteiger partial charge in [0, 0.05) is 29.8 Å². The standard InChI is InChI=1S/C27H24N4/c1-19-16-21(8-10-24(19)23-12-13-28-20(2)17-23)9-11-25-27-30-18-26(31(27)15-14-29-25)22-6-4-3-5-7-22/h3-8,10,12-18H,9,11H2,1-2H3. The summed E-state index contributed by atoms with van der Waals surface area (Å²) in [7, 11) is 0. The van der Waals surface area contributed by atoms with E-state index in [2.05, 4.69) is 80.9 Å². The second-order valence-corrected chi connectivity index (χ2v) is 7.91. The van der Waals surface area contributed by atoms with Crippen LogP contribution in [0.25, 0.3) is 28.0 Å². The van der Waals surface area contributed by atoms with Gasteiger partial charge in [-0.3, -0.25) is 14.4 Å². The lowest BCUT2D eigenvalue weighted by Crippen LogP contribution is -2.00. The van der Waals surface area contributed by atoms with E-state index in [1.807, 2.05) is 37.8 Å². The topological polar surface area (TPSA) is 43.1 Å². The highest BCUT2D eigenvalue weighted by Crippen LogP contribution is 2.26. The molecular formula is C27H24N4. The van der Waals surface area contributed by atoms with Crippen LogP contribution >= 0.6 is 0 Å². The van der Waals surface area contributed by atoms with E-state index in [0.29, 0.717) is 0 Å².